The zero-order chi connectivity index (χ0) is 32.5. The number of nitrogens with zero attached hydrogens (tertiary/aromatic N) is 4. The Morgan fingerprint density at radius 3 is 2.39 bits per heavy atom. The van der Waals surface area contributed by atoms with Crippen molar-refractivity contribution in [2.45, 2.75) is 52.3 Å². The highest BCUT2D eigenvalue weighted by molar-refractivity contribution is 5.98. The molecule has 2 aromatic heterocycles. The predicted molar refractivity (Wildman–Crippen MR) is 167 cm³/mol. The molecule has 2 N–H and O–H groups in total. The first-order valence-corrected chi connectivity index (χ1v) is 15.1. The van der Waals surface area contributed by atoms with Gasteiger partial charge in [-0.1, -0.05) is 74.5 Å². The van der Waals surface area contributed by atoms with Crippen molar-refractivity contribution in [3.05, 3.63) is 94.6 Å². The molecule has 0 saturated carbocycles. The number of benzene rings is 2. The fourth-order valence-corrected chi connectivity index (χ4v) is 5.08. The van der Waals surface area contributed by atoms with Crippen molar-refractivity contribution in [2.24, 2.45) is 11.8 Å². The average molecular weight is 629 g/mol. The topological polar surface area (TPSA) is 168 Å². The van der Waals surface area contributed by atoms with Crippen LogP contribution in [-0.4, -0.2) is 56.8 Å². The first kappa shape index (κ1) is 32.2. The maximum Gasteiger partial charge on any atom is 0.412 e. The maximum absolute atomic E-state index is 13.6. The van der Waals surface area contributed by atoms with Crippen LogP contribution in [0.1, 0.15) is 48.8 Å². The molecule has 13 heteroatoms. The van der Waals surface area contributed by atoms with Crippen molar-refractivity contribution in [3.8, 4) is 11.4 Å². The van der Waals surface area contributed by atoms with Gasteiger partial charge in [0.15, 0.2) is 0 Å². The summed E-state index contributed by atoms with van der Waals surface area (Å²) in [7, 11) is 0. The van der Waals surface area contributed by atoms with Crippen LogP contribution in [0.3, 0.4) is 0 Å². The Labute approximate surface area is 265 Å². The number of aromatic nitrogens is 4. The quantitative estimate of drug-likeness (QED) is 0.219. The highest BCUT2D eigenvalue weighted by Crippen LogP contribution is 2.21. The molecule has 240 valence electrons. The Hall–Kier alpha value is -5.17. The number of amides is 2. The monoisotopic (exact) mass is 628 g/mol. The number of nitrogens with one attached hydrogen (secondary N) is 2. The Bertz CT molecular complexity index is 1700. The van der Waals surface area contributed by atoms with E-state index >= 15 is 0 Å². The lowest BCUT2D eigenvalue weighted by atomic mass is 9.97. The van der Waals surface area contributed by atoms with Gasteiger partial charge in [0.25, 0.3) is 11.4 Å². The van der Waals surface area contributed by atoms with Crippen LogP contribution in [-0.2, 0) is 33.8 Å². The largest absolute Gasteiger partial charge is 0.444 e. The van der Waals surface area contributed by atoms with Crippen LogP contribution >= 0.6 is 0 Å². The summed E-state index contributed by atoms with van der Waals surface area (Å²) < 4.78 is 17.5. The second kappa shape index (κ2) is 15.2. The maximum atomic E-state index is 13.6. The molecule has 1 fully saturated rings. The van der Waals surface area contributed by atoms with Crippen LogP contribution in [0.25, 0.3) is 11.4 Å². The van der Waals surface area contributed by atoms with E-state index < -0.39 is 35.9 Å². The summed E-state index contributed by atoms with van der Waals surface area (Å²) in [5, 5.41) is 13.2. The molecule has 3 heterocycles. The molecule has 2 aromatic carbocycles. The van der Waals surface area contributed by atoms with E-state index in [1.54, 1.807) is 50.2 Å². The van der Waals surface area contributed by atoms with Crippen molar-refractivity contribution in [1.82, 2.24) is 25.1 Å². The van der Waals surface area contributed by atoms with Crippen LogP contribution in [0.2, 0.25) is 0 Å². The summed E-state index contributed by atoms with van der Waals surface area (Å²) in [6.45, 7) is 4.41. The molecule has 0 radical (unpaired) electrons. The minimum absolute atomic E-state index is 0.000493. The fourth-order valence-electron chi connectivity index (χ4n) is 5.08. The number of anilines is 1. The summed E-state index contributed by atoms with van der Waals surface area (Å²) in [6, 6.07) is 16.9. The van der Waals surface area contributed by atoms with Gasteiger partial charge in [-0.2, -0.15) is 0 Å². The number of carbonyl (C=O) groups excluding carboxylic acids is 3. The Kier molecular flexibility index (Phi) is 10.7. The summed E-state index contributed by atoms with van der Waals surface area (Å²) in [6.07, 6.45) is 2.66. The first-order chi connectivity index (χ1) is 22.3. The molecule has 4 aromatic rings. The van der Waals surface area contributed by atoms with Crippen molar-refractivity contribution in [3.63, 3.8) is 0 Å². The van der Waals surface area contributed by atoms with E-state index in [2.05, 4.69) is 25.8 Å². The first-order valence-electron chi connectivity index (χ1n) is 15.1. The highest BCUT2D eigenvalue weighted by Gasteiger charge is 2.30. The molecule has 1 unspecified atom stereocenters. The number of hydrogen-bond donors (Lipinski definition) is 2. The van der Waals surface area contributed by atoms with Crippen molar-refractivity contribution in [2.75, 3.05) is 18.5 Å². The van der Waals surface area contributed by atoms with Crippen LogP contribution in [0.15, 0.2) is 76.1 Å². The van der Waals surface area contributed by atoms with Gasteiger partial charge in [0.2, 0.25) is 17.6 Å². The minimum Gasteiger partial charge on any atom is -0.444 e. The van der Waals surface area contributed by atoms with E-state index in [1.165, 1.54) is 6.20 Å². The number of Topliss-reactive ketones (excluding diaryl/α,β-unsaturated/α-hetero) is 1. The normalized spacial score (nSPS) is 14.1. The van der Waals surface area contributed by atoms with Gasteiger partial charge in [-0.05, 0) is 30.2 Å². The average Bonchev–Trinajstić information content (AvgIpc) is 3.54. The number of ketones is 1. The van der Waals surface area contributed by atoms with Crippen molar-refractivity contribution >= 4 is 23.5 Å². The van der Waals surface area contributed by atoms with E-state index in [1.807, 2.05) is 24.3 Å². The zero-order valence-corrected chi connectivity index (χ0v) is 25.7. The summed E-state index contributed by atoms with van der Waals surface area (Å²) in [5.74, 6) is -0.784. The number of ether oxygens (including phenoxy) is 2. The summed E-state index contributed by atoms with van der Waals surface area (Å²) >= 11 is 0. The summed E-state index contributed by atoms with van der Waals surface area (Å²) in [4.78, 5) is 57.3. The Morgan fingerprint density at radius 1 is 1.00 bits per heavy atom. The lowest BCUT2D eigenvalue weighted by molar-refractivity contribution is -0.122. The smallest absolute Gasteiger partial charge is 0.412 e. The third-order valence-corrected chi connectivity index (χ3v) is 7.58. The predicted octanol–water partition coefficient (Wildman–Crippen LogP) is 4.03. The van der Waals surface area contributed by atoms with E-state index in [9.17, 15) is 19.2 Å². The molecular weight excluding hydrogens is 592 g/mol. The van der Waals surface area contributed by atoms with Gasteiger partial charge in [-0.25, -0.2) is 9.78 Å². The standard InChI is InChI=1S/C33H36N6O7/c1-21(2)28(29(41)31-38-37-27(46-31)17-22-13-15-44-16-14-22)36-26(40)19-39-30(24-11-7-4-8-12-24)34-18-25(32(39)42)35-33(43)45-20-23-9-5-3-6-10-23/h3-12,18,21-22,28H,13-17,19-20H2,1-2H3,(H,35,43)(H,36,40). The van der Waals surface area contributed by atoms with Crippen molar-refractivity contribution in [1.29, 1.82) is 0 Å². The molecule has 13 nitrogen and oxygen atoms in total. The van der Waals surface area contributed by atoms with E-state index in [0.717, 1.165) is 23.0 Å². The second-order valence-electron chi connectivity index (χ2n) is 11.4. The Morgan fingerprint density at radius 2 is 1.70 bits per heavy atom. The molecule has 1 saturated heterocycles. The van der Waals surface area contributed by atoms with Gasteiger partial charge < -0.3 is 19.2 Å². The van der Waals surface area contributed by atoms with E-state index in [4.69, 9.17) is 13.9 Å². The molecule has 2 amide bonds. The fraction of sp³-hybridized carbons (Fsp3) is 0.364. The van der Waals surface area contributed by atoms with E-state index in [0.29, 0.717) is 37.0 Å². The van der Waals surface area contributed by atoms with Gasteiger partial charge in [-0.15, -0.1) is 10.2 Å². The van der Waals surface area contributed by atoms with Gasteiger partial charge in [-0.3, -0.25) is 24.3 Å². The van der Waals surface area contributed by atoms with Crippen LogP contribution < -0.4 is 16.2 Å². The molecule has 46 heavy (non-hydrogen) atoms. The van der Waals surface area contributed by atoms with Gasteiger partial charge in [0.1, 0.15) is 24.7 Å². The zero-order valence-electron chi connectivity index (χ0n) is 25.7. The van der Waals surface area contributed by atoms with E-state index in [-0.39, 0.29) is 29.9 Å². The Balaban J connectivity index is 1.31. The lowest BCUT2D eigenvalue weighted by Gasteiger charge is -2.21. The molecule has 0 aliphatic carbocycles. The third kappa shape index (κ3) is 8.30. The number of rotatable bonds is 12. The summed E-state index contributed by atoms with van der Waals surface area (Å²) in [5.41, 5.74) is 0.493. The number of carbonyl (C=O) groups is 3. The molecule has 1 atom stereocenters. The van der Waals surface area contributed by atoms with Crippen LogP contribution in [0.4, 0.5) is 10.5 Å². The number of hydrogen-bond acceptors (Lipinski definition) is 10. The van der Waals surface area contributed by atoms with Crippen molar-refractivity contribution < 1.29 is 28.3 Å². The molecule has 1 aliphatic rings. The van der Waals surface area contributed by atoms with Gasteiger partial charge >= 0.3 is 6.09 Å². The molecular formula is C33H36N6O7. The van der Waals surface area contributed by atoms with Crippen LogP contribution in [0.5, 0.6) is 0 Å². The third-order valence-electron chi connectivity index (χ3n) is 7.58. The van der Waals surface area contributed by atoms with Gasteiger partial charge in [0, 0.05) is 25.2 Å². The minimum atomic E-state index is -0.998. The molecule has 5 rings (SSSR count). The molecule has 0 spiro atoms. The lowest BCUT2D eigenvalue weighted by Crippen LogP contribution is -2.46. The molecule has 1 aliphatic heterocycles. The van der Waals surface area contributed by atoms with Crippen LogP contribution in [0, 0.1) is 11.8 Å². The second-order valence-corrected chi connectivity index (χ2v) is 11.4. The molecule has 0 bridgehead atoms. The van der Waals surface area contributed by atoms with Gasteiger partial charge in [0.05, 0.1) is 12.2 Å². The highest BCUT2D eigenvalue weighted by atomic mass is 16.5. The SMILES string of the molecule is CC(C)C(NC(=O)Cn1c(-c2ccccc2)ncc(NC(=O)OCc2ccccc2)c1=O)C(=O)c1nnc(CC2CCOCC2)o1.